The number of rotatable bonds is 4. The first-order valence-corrected chi connectivity index (χ1v) is 7.79. The Morgan fingerprint density at radius 3 is 1.85 bits per heavy atom. The van der Waals surface area contributed by atoms with Crippen LogP contribution < -0.4 is 5.32 Å². The van der Waals surface area contributed by atoms with Crippen molar-refractivity contribution in [2.24, 2.45) is 0 Å². The molecular weight excluding hydrogens is 246 g/mol. The maximum absolute atomic E-state index is 12.0. The summed E-state index contributed by atoms with van der Waals surface area (Å²) in [4.78, 5) is 12.0. The molecule has 0 spiro atoms. The number of hydrogen-bond acceptors (Lipinski definition) is 1. The van der Waals surface area contributed by atoms with Gasteiger partial charge in [-0.15, -0.1) is 0 Å². The van der Waals surface area contributed by atoms with Gasteiger partial charge in [0.05, 0.1) is 0 Å². The van der Waals surface area contributed by atoms with Gasteiger partial charge in [-0.3, -0.25) is 4.79 Å². The van der Waals surface area contributed by atoms with E-state index in [1.54, 1.807) is 0 Å². The lowest BCUT2D eigenvalue weighted by Gasteiger charge is -2.19. The lowest BCUT2D eigenvalue weighted by atomic mass is 9.86. The van der Waals surface area contributed by atoms with E-state index >= 15 is 0 Å². The highest BCUT2D eigenvalue weighted by Crippen LogP contribution is 2.22. The van der Waals surface area contributed by atoms with E-state index in [1.807, 2.05) is 38.1 Å². The molecule has 114 valence electrons. The highest BCUT2D eigenvalue weighted by molar-refractivity contribution is 5.94. The zero-order valence-corrected chi connectivity index (χ0v) is 14.2. The molecule has 0 unspecified atom stereocenters. The van der Waals surface area contributed by atoms with Crippen molar-refractivity contribution in [3.63, 3.8) is 0 Å². The van der Waals surface area contributed by atoms with Crippen LogP contribution in [0.3, 0.4) is 0 Å². The standard InChI is InChI=1S/C16H25NO.C2H6/c1-6-14(7-2)17-15(18)12-8-10-13(11-9-12)16(3,4)5;1-2/h8-11,14H,6-7H2,1-5H3,(H,17,18);1-2H3. The molecule has 0 aliphatic heterocycles. The molecule has 0 fully saturated rings. The lowest BCUT2D eigenvalue weighted by molar-refractivity contribution is 0.0935. The number of carbonyl (C=O) groups is 1. The third-order valence-corrected chi connectivity index (χ3v) is 3.33. The van der Waals surface area contributed by atoms with Gasteiger partial charge < -0.3 is 5.32 Å². The van der Waals surface area contributed by atoms with Gasteiger partial charge in [-0.1, -0.05) is 60.6 Å². The Hall–Kier alpha value is -1.31. The molecule has 20 heavy (non-hydrogen) atoms. The molecule has 0 aliphatic rings. The van der Waals surface area contributed by atoms with E-state index in [4.69, 9.17) is 0 Å². The third-order valence-electron chi connectivity index (χ3n) is 3.33. The van der Waals surface area contributed by atoms with E-state index in [2.05, 4.69) is 39.9 Å². The lowest BCUT2D eigenvalue weighted by Crippen LogP contribution is -2.33. The molecule has 0 aromatic heterocycles. The van der Waals surface area contributed by atoms with Gasteiger partial charge in [0.15, 0.2) is 0 Å². The zero-order valence-electron chi connectivity index (χ0n) is 14.2. The van der Waals surface area contributed by atoms with E-state index < -0.39 is 0 Å². The van der Waals surface area contributed by atoms with E-state index in [0.29, 0.717) is 0 Å². The molecule has 0 saturated heterocycles. The smallest absolute Gasteiger partial charge is 0.251 e. The number of benzene rings is 1. The van der Waals surface area contributed by atoms with Crippen LogP contribution in [0, 0.1) is 0 Å². The van der Waals surface area contributed by atoms with Crippen molar-refractivity contribution in [3.05, 3.63) is 35.4 Å². The summed E-state index contributed by atoms with van der Waals surface area (Å²) in [6.07, 6.45) is 1.95. The molecule has 0 bridgehead atoms. The fourth-order valence-corrected chi connectivity index (χ4v) is 1.88. The molecule has 0 heterocycles. The second kappa shape index (κ2) is 8.78. The Labute approximate surface area is 125 Å². The Bertz CT molecular complexity index is 383. The van der Waals surface area contributed by atoms with Gasteiger partial charge in [0, 0.05) is 11.6 Å². The first kappa shape index (κ1) is 18.7. The Balaban J connectivity index is 0.00000172. The van der Waals surface area contributed by atoms with Crippen LogP contribution in [0.4, 0.5) is 0 Å². The van der Waals surface area contributed by atoms with Gasteiger partial charge in [0.1, 0.15) is 0 Å². The SMILES string of the molecule is CC.CCC(CC)NC(=O)c1ccc(C(C)(C)C)cc1. The van der Waals surface area contributed by atoms with Gasteiger partial charge in [-0.2, -0.15) is 0 Å². The minimum Gasteiger partial charge on any atom is -0.349 e. The first-order chi connectivity index (χ1) is 9.38. The van der Waals surface area contributed by atoms with E-state index in [9.17, 15) is 4.79 Å². The summed E-state index contributed by atoms with van der Waals surface area (Å²) >= 11 is 0. The molecule has 1 rings (SSSR count). The van der Waals surface area contributed by atoms with E-state index in [-0.39, 0.29) is 17.4 Å². The molecule has 0 radical (unpaired) electrons. The summed E-state index contributed by atoms with van der Waals surface area (Å²) in [7, 11) is 0. The van der Waals surface area contributed by atoms with Gasteiger partial charge in [-0.25, -0.2) is 0 Å². The molecule has 0 saturated carbocycles. The van der Waals surface area contributed by atoms with Crippen LogP contribution in [0.15, 0.2) is 24.3 Å². The largest absolute Gasteiger partial charge is 0.349 e. The van der Waals surface area contributed by atoms with Crippen molar-refractivity contribution in [3.8, 4) is 0 Å². The monoisotopic (exact) mass is 277 g/mol. The van der Waals surface area contributed by atoms with Gasteiger partial charge in [-0.05, 0) is 36.0 Å². The van der Waals surface area contributed by atoms with E-state index in [0.717, 1.165) is 18.4 Å². The summed E-state index contributed by atoms with van der Waals surface area (Å²) in [5.74, 6) is 0.0316. The molecule has 1 N–H and O–H groups in total. The van der Waals surface area contributed by atoms with Crippen LogP contribution in [-0.2, 0) is 5.41 Å². The molecule has 2 heteroatoms. The average Bonchev–Trinajstić information content (AvgIpc) is 2.45. The second-order valence-electron chi connectivity index (χ2n) is 5.81. The summed E-state index contributed by atoms with van der Waals surface area (Å²) in [6.45, 7) is 14.7. The van der Waals surface area contributed by atoms with Crippen LogP contribution in [-0.4, -0.2) is 11.9 Å². The Kier molecular flexibility index (Phi) is 8.21. The third kappa shape index (κ3) is 5.77. The van der Waals surface area contributed by atoms with Crippen LogP contribution >= 0.6 is 0 Å². The van der Waals surface area contributed by atoms with Crippen molar-refractivity contribution in [2.45, 2.75) is 72.8 Å². The molecule has 0 atom stereocenters. The van der Waals surface area contributed by atoms with Crippen molar-refractivity contribution in [2.75, 3.05) is 0 Å². The summed E-state index contributed by atoms with van der Waals surface area (Å²) in [5, 5.41) is 3.05. The minimum atomic E-state index is 0.0316. The van der Waals surface area contributed by atoms with Crippen LogP contribution in [0.25, 0.3) is 0 Å². The van der Waals surface area contributed by atoms with Crippen molar-refractivity contribution in [1.82, 2.24) is 5.32 Å². The Morgan fingerprint density at radius 1 is 1.05 bits per heavy atom. The zero-order chi connectivity index (χ0) is 15.8. The average molecular weight is 277 g/mol. The predicted molar refractivity (Wildman–Crippen MR) is 88.3 cm³/mol. The first-order valence-electron chi connectivity index (χ1n) is 7.79. The maximum Gasteiger partial charge on any atom is 0.251 e. The molecule has 1 aromatic rings. The van der Waals surface area contributed by atoms with Gasteiger partial charge in [0.25, 0.3) is 5.91 Å². The topological polar surface area (TPSA) is 29.1 Å². The van der Waals surface area contributed by atoms with Gasteiger partial charge >= 0.3 is 0 Å². The van der Waals surface area contributed by atoms with Crippen molar-refractivity contribution >= 4 is 5.91 Å². The second-order valence-corrected chi connectivity index (χ2v) is 5.81. The van der Waals surface area contributed by atoms with Crippen LogP contribution in [0.2, 0.25) is 0 Å². The summed E-state index contributed by atoms with van der Waals surface area (Å²) in [5.41, 5.74) is 2.13. The molecule has 1 amide bonds. The number of carbonyl (C=O) groups excluding carboxylic acids is 1. The van der Waals surface area contributed by atoms with Crippen LogP contribution in [0.5, 0.6) is 0 Å². The molecule has 2 nitrogen and oxygen atoms in total. The van der Waals surface area contributed by atoms with Crippen molar-refractivity contribution < 1.29 is 4.79 Å². The van der Waals surface area contributed by atoms with Crippen LogP contribution in [0.1, 0.15) is 77.2 Å². The predicted octanol–water partition coefficient (Wildman–Crippen LogP) is 4.93. The van der Waals surface area contributed by atoms with E-state index in [1.165, 1.54) is 5.56 Å². The molecular formula is C18H31NO. The number of nitrogens with one attached hydrogen (secondary N) is 1. The summed E-state index contributed by atoms with van der Waals surface area (Å²) < 4.78 is 0. The summed E-state index contributed by atoms with van der Waals surface area (Å²) in [6, 6.07) is 8.19. The minimum absolute atomic E-state index is 0.0316. The molecule has 1 aromatic carbocycles. The fraction of sp³-hybridized carbons (Fsp3) is 0.611. The highest BCUT2D eigenvalue weighted by Gasteiger charge is 2.15. The molecule has 0 aliphatic carbocycles. The number of amides is 1. The fourth-order valence-electron chi connectivity index (χ4n) is 1.88. The normalized spacial score (nSPS) is 10.8. The number of hydrogen-bond donors (Lipinski definition) is 1. The van der Waals surface area contributed by atoms with Gasteiger partial charge in [0.2, 0.25) is 0 Å². The Morgan fingerprint density at radius 2 is 1.50 bits per heavy atom. The quantitative estimate of drug-likeness (QED) is 0.830. The maximum atomic E-state index is 12.0. The highest BCUT2D eigenvalue weighted by atomic mass is 16.1. The van der Waals surface area contributed by atoms with Crippen molar-refractivity contribution in [1.29, 1.82) is 0 Å².